The van der Waals surface area contributed by atoms with Crippen LogP contribution < -0.4 is 0 Å². The van der Waals surface area contributed by atoms with E-state index in [0.717, 1.165) is 4.88 Å². The summed E-state index contributed by atoms with van der Waals surface area (Å²) >= 11 is 1.59. The molecule has 1 aromatic rings. The van der Waals surface area contributed by atoms with E-state index in [1.807, 2.05) is 17.5 Å². The van der Waals surface area contributed by atoms with Gasteiger partial charge < -0.3 is 0 Å². The molecule has 0 aliphatic rings. The highest BCUT2D eigenvalue weighted by molar-refractivity contribution is 7.10. The zero-order valence-corrected chi connectivity index (χ0v) is 6.53. The molecule has 50 valence electrons. The maximum atomic E-state index is 4.90. The lowest BCUT2D eigenvalue weighted by atomic mass is 10.4. The van der Waals surface area contributed by atoms with Crippen LogP contribution in [0.15, 0.2) is 17.5 Å². The van der Waals surface area contributed by atoms with Crippen LogP contribution in [0.25, 0.3) is 0 Å². The molecule has 0 aliphatic carbocycles. The highest BCUT2D eigenvalue weighted by Crippen LogP contribution is 2.04. The minimum Gasteiger partial charge on any atom is -0.135 e. The van der Waals surface area contributed by atoms with Crippen molar-refractivity contribution in [3.05, 3.63) is 22.4 Å². The van der Waals surface area contributed by atoms with Gasteiger partial charge in [0, 0.05) is 0 Å². The van der Waals surface area contributed by atoms with E-state index in [0.29, 0.717) is 0 Å². The average Bonchev–Trinajstić information content (AvgIpc) is 2.50. The van der Waals surface area contributed by atoms with Gasteiger partial charge in [0.05, 0.1) is 4.88 Å². The van der Waals surface area contributed by atoms with Crippen molar-refractivity contribution in [2.45, 2.75) is 0 Å². The minimum atomic E-state index is 1.01. The third kappa shape index (κ3) is 2.63. The molecule has 11 heavy (non-hydrogen) atoms. The number of thiophene rings is 1. The molecule has 1 aromatic heterocycles. The van der Waals surface area contributed by atoms with Crippen LogP contribution in [0.1, 0.15) is 4.88 Å². The molecule has 0 fully saturated rings. The minimum absolute atomic E-state index is 1.01. The first kappa shape index (κ1) is 7.49. The highest BCUT2D eigenvalue weighted by Gasteiger charge is 1.81. The molecule has 0 saturated carbocycles. The summed E-state index contributed by atoms with van der Waals surface area (Å²) in [7, 11) is 0. The summed E-state index contributed by atoms with van der Waals surface area (Å²) in [5.41, 5.74) is 0. The molecule has 0 saturated heterocycles. The summed E-state index contributed by atoms with van der Waals surface area (Å²) in [5, 5.41) is 1.97. The second-order valence-corrected chi connectivity index (χ2v) is 2.57. The van der Waals surface area contributed by atoms with E-state index in [1.165, 1.54) is 0 Å². The average molecular weight is 156 g/mol. The largest absolute Gasteiger partial charge is 0.135 e. The quantitative estimate of drug-likeness (QED) is 0.502. The van der Waals surface area contributed by atoms with Gasteiger partial charge in [-0.2, -0.15) is 0 Å². The highest BCUT2D eigenvalue weighted by atomic mass is 32.1. The summed E-state index contributed by atoms with van der Waals surface area (Å²) in [4.78, 5) is 1.01. The maximum Gasteiger partial charge on any atom is 0.0778 e. The molecule has 1 heteroatoms. The zero-order chi connectivity index (χ0) is 7.94. The summed E-state index contributed by atoms with van der Waals surface area (Å²) in [6.07, 6.45) is 4.90. The van der Waals surface area contributed by atoms with Crippen LogP contribution in [0.2, 0.25) is 0 Å². The van der Waals surface area contributed by atoms with Crippen molar-refractivity contribution >= 4 is 11.3 Å². The van der Waals surface area contributed by atoms with Crippen LogP contribution in [0, 0.1) is 36.0 Å². The lowest BCUT2D eigenvalue weighted by Gasteiger charge is -1.69. The summed E-state index contributed by atoms with van der Waals surface area (Å²) in [6, 6.07) is 3.89. The Hall–Kier alpha value is -1.62. The van der Waals surface area contributed by atoms with Crippen molar-refractivity contribution in [1.82, 2.24) is 0 Å². The number of rotatable bonds is 0. The Morgan fingerprint density at radius 1 is 1.27 bits per heavy atom. The van der Waals surface area contributed by atoms with Gasteiger partial charge in [-0.05, 0) is 41.0 Å². The summed E-state index contributed by atoms with van der Waals surface area (Å²) in [5.74, 6) is 12.6. The van der Waals surface area contributed by atoms with Crippen LogP contribution in [-0.2, 0) is 0 Å². The molecular weight excluding hydrogens is 152 g/mol. The Morgan fingerprint density at radius 2 is 2.18 bits per heavy atom. The summed E-state index contributed by atoms with van der Waals surface area (Å²) < 4.78 is 0. The van der Waals surface area contributed by atoms with Crippen molar-refractivity contribution in [2.24, 2.45) is 0 Å². The van der Waals surface area contributed by atoms with Crippen molar-refractivity contribution in [3.8, 4) is 36.0 Å². The van der Waals surface area contributed by atoms with Crippen LogP contribution in [0.4, 0.5) is 0 Å². The van der Waals surface area contributed by atoms with Crippen LogP contribution >= 0.6 is 11.3 Å². The molecule has 0 nitrogen and oxygen atoms in total. The fourth-order valence-corrected chi connectivity index (χ4v) is 1.08. The fraction of sp³-hybridized carbons (Fsp3) is 0. The van der Waals surface area contributed by atoms with Crippen LogP contribution in [-0.4, -0.2) is 0 Å². The van der Waals surface area contributed by atoms with Crippen LogP contribution in [0.3, 0.4) is 0 Å². The van der Waals surface area contributed by atoms with Crippen molar-refractivity contribution in [1.29, 1.82) is 0 Å². The first-order valence-corrected chi connectivity index (χ1v) is 3.81. The van der Waals surface area contributed by atoms with E-state index in [2.05, 4.69) is 29.6 Å². The molecule has 0 N–H and O–H groups in total. The van der Waals surface area contributed by atoms with Crippen molar-refractivity contribution < 1.29 is 0 Å². The third-order valence-electron chi connectivity index (χ3n) is 0.904. The molecular formula is C10H4S. The van der Waals surface area contributed by atoms with Gasteiger partial charge in [-0.25, -0.2) is 0 Å². The molecule has 0 aliphatic heterocycles. The summed E-state index contributed by atoms with van der Waals surface area (Å²) in [6.45, 7) is 0. The molecule has 0 spiro atoms. The standard InChI is InChI=1S/C10H4S/c1-2-3-4-5-7-10-8-6-9-11-10/h1,6,8-9H. The first-order valence-electron chi connectivity index (χ1n) is 2.93. The first-order chi connectivity index (χ1) is 5.43. The second-order valence-electron chi connectivity index (χ2n) is 1.62. The predicted octanol–water partition coefficient (Wildman–Crippen LogP) is 1.74. The van der Waals surface area contributed by atoms with Gasteiger partial charge in [-0.15, -0.1) is 17.8 Å². The number of hydrogen-bond donors (Lipinski definition) is 0. The Bertz CT molecular complexity index is 368. The molecule has 0 atom stereocenters. The molecule has 0 amide bonds. The Kier molecular flexibility index (Phi) is 2.88. The lowest BCUT2D eigenvalue weighted by molar-refractivity contribution is 1.94. The Balaban J connectivity index is 2.68. The van der Waals surface area contributed by atoms with E-state index in [9.17, 15) is 0 Å². The Labute approximate surface area is 70.3 Å². The van der Waals surface area contributed by atoms with E-state index >= 15 is 0 Å². The normalized spacial score (nSPS) is 6.45. The van der Waals surface area contributed by atoms with E-state index in [4.69, 9.17) is 6.42 Å². The zero-order valence-electron chi connectivity index (χ0n) is 5.72. The van der Waals surface area contributed by atoms with Gasteiger partial charge in [0.15, 0.2) is 0 Å². The monoisotopic (exact) mass is 156 g/mol. The molecule has 0 unspecified atom stereocenters. The third-order valence-corrected chi connectivity index (χ3v) is 1.69. The van der Waals surface area contributed by atoms with E-state index < -0.39 is 0 Å². The fourth-order valence-electron chi connectivity index (χ4n) is 0.510. The predicted molar refractivity (Wildman–Crippen MR) is 47.8 cm³/mol. The van der Waals surface area contributed by atoms with Gasteiger partial charge in [0.2, 0.25) is 0 Å². The van der Waals surface area contributed by atoms with Gasteiger partial charge in [-0.1, -0.05) is 6.07 Å². The van der Waals surface area contributed by atoms with Crippen LogP contribution in [0.5, 0.6) is 0 Å². The molecule has 1 rings (SSSR count). The van der Waals surface area contributed by atoms with Crippen molar-refractivity contribution in [3.63, 3.8) is 0 Å². The van der Waals surface area contributed by atoms with E-state index in [-0.39, 0.29) is 0 Å². The maximum absolute atomic E-state index is 4.90. The number of terminal acetylenes is 1. The topological polar surface area (TPSA) is 0 Å². The van der Waals surface area contributed by atoms with Gasteiger partial charge >= 0.3 is 0 Å². The number of hydrogen-bond acceptors (Lipinski definition) is 1. The SMILES string of the molecule is C#CC#CC#Cc1cccs1. The molecule has 1 heterocycles. The Morgan fingerprint density at radius 3 is 2.82 bits per heavy atom. The molecule has 0 radical (unpaired) electrons. The van der Waals surface area contributed by atoms with Gasteiger partial charge in [0.1, 0.15) is 0 Å². The molecule has 0 bridgehead atoms. The van der Waals surface area contributed by atoms with Gasteiger partial charge in [-0.3, -0.25) is 0 Å². The molecule has 0 aromatic carbocycles. The lowest BCUT2D eigenvalue weighted by Crippen LogP contribution is -1.57. The van der Waals surface area contributed by atoms with Crippen molar-refractivity contribution in [2.75, 3.05) is 0 Å². The second kappa shape index (κ2) is 4.24. The smallest absolute Gasteiger partial charge is 0.0778 e. The van der Waals surface area contributed by atoms with Gasteiger partial charge in [0.25, 0.3) is 0 Å². The van der Waals surface area contributed by atoms with E-state index in [1.54, 1.807) is 11.3 Å².